The van der Waals surface area contributed by atoms with Crippen LogP contribution in [0.15, 0.2) is 97.3 Å². The monoisotopic (exact) mass is 746 g/mol. The number of carbonyl (C=O) groups is 4. The number of benzene rings is 2. The van der Waals surface area contributed by atoms with E-state index in [1.54, 1.807) is 18.2 Å². The summed E-state index contributed by atoms with van der Waals surface area (Å²) >= 11 is 6.36. The lowest BCUT2D eigenvalue weighted by Crippen LogP contribution is -2.30. The average molecular weight is 747 g/mol. The van der Waals surface area contributed by atoms with E-state index in [-0.39, 0.29) is 34.5 Å². The van der Waals surface area contributed by atoms with Gasteiger partial charge in [0, 0.05) is 54.1 Å². The van der Waals surface area contributed by atoms with Crippen LogP contribution in [0.5, 0.6) is 5.75 Å². The fourth-order valence-electron chi connectivity index (χ4n) is 5.29. The Morgan fingerprint density at radius 2 is 1.13 bits per heavy atom. The molecular weight excluding hydrogens is 712 g/mol. The lowest BCUT2D eigenvalue weighted by Gasteiger charge is -2.09. The van der Waals surface area contributed by atoms with Gasteiger partial charge in [-0.1, -0.05) is 66.2 Å². The van der Waals surface area contributed by atoms with Crippen molar-refractivity contribution in [3.8, 4) is 39.5 Å². The number of hydrogen-bond acceptors (Lipinski definition) is 9. The van der Waals surface area contributed by atoms with Crippen molar-refractivity contribution in [1.29, 1.82) is 0 Å². The SMILES string of the molecule is O=C(NCCCNC(=O)c1cc(-c2ccccc2)n[nH]1)c1cc(Cl)cc(-c2ccc(-c3cc(C(=O)NCCCNC(=O)c4ccncc4O)[nH]n3)cc2)n1. The van der Waals surface area contributed by atoms with Crippen molar-refractivity contribution in [3.05, 3.63) is 125 Å². The number of hydrogen-bond donors (Lipinski definition) is 7. The molecule has 0 bridgehead atoms. The van der Waals surface area contributed by atoms with Crippen LogP contribution in [-0.4, -0.2) is 85.3 Å². The van der Waals surface area contributed by atoms with Crippen LogP contribution in [0.3, 0.4) is 0 Å². The molecule has 2 aromatic carbocycles. The van der Waals surface area contributed by atoms with Crippen LogP contribution in [0.25, 0.3) is 33.8 Å². The van der Waals surface area contributed by atoms with E-state index in [4.69, 9.17) is 11.6 Å². The summed E-state index contributed by atoms with van der Waals surface area (Å²) in [6.07, 6.45) is 3.56. The fraction of sp³-hybridized carbons (Fsp3) is 0.158. The molecule has 16 heteroatoms. The Bertz CT molecular complexity index is 2260. The zero-order valence-corrected chi connectivity index (χ0v) is 29.5. The number of amides is 4. The summed E-state index contributed by atoms with van der Waals surface area (Å²) in [5, 5.41) is 35.1. The van der Waals surface area contributed by atoms with Gasteiger partial charge in [0.1, 0.15) is 22.8 Å². The molecule has 4 heterocycles. The molecule has 0 radical (unpaired) electrons. The minimum Gasteiger partial charge on any atom is -0.505 e. The van der Waals surface area contributed by atoms with Gasteiger partial charge in [0.2, 0.25) is 0 Å². The van der Waals surface area contributed by atoms with E-state index >= 15 is 0 Å². The van der Waals surface area contributed by atoms with E-state index in [0.717, 1.165) is 11.1 Å². The van der Waals surface area contributed by atoms with Gasteiger partial charge in [-0.3, -0.25) is 34.4 Å². The molecule has 0 fully saturated rings. The quantitative estimate of drug-likeness (QED) is 0.0741. The minimum absolute atomic E-state index is 0.126. The van der Waals surface area contributed by atoms with Gasteiger partial charge in [0.25, 0.3) is 23.6 Å². The van der Waals surface area contributed by atoms with Gasteiger partial charge in [0.05, 0.1) is 28.8 Å². The molecule has 54 heavy (non-hydrogen) atoms. The second-order valence-electron chi connectivity index (χ2n) is 12.0. The van der Waals surface area contributed by atoms with Crippen molar-refractivity contribution < 1.29 is 24.3 Å². The molecule has 6 aromatic rings. The minimum atomic E-state index is -0.432. The molecule has 0 aliphatic rings. The molecule has 6 rings (SSSR count). The molecule has 0 atom stereocenters. The predicted molar refractivity (Wildman–Crippen MR) is 201 cm³/mol. The zero-order valence-electron chi connectivity index (χ0n) is 28.7. The van der Waals surface area contributed by atoms with Crippen molar-refractivity contribution in [1.82, 2.24) is 51.6 Å². The number of aromatic hydroxyl groups is 1. The molecule has 0 spiro atoms. The van der Waals surface area contributed by atoms with Gasteiger partial charge >= 0.3 is 0 Å². The Kier molecular flexibility index (Phi) is 12.0. The lowest BCUT2D eigenvalue weighted by molar-refractivity contribution is 0.0931. The number of carbonyl (C=O) groups excluding carboxylic acids is 4. The first-order valence-electron chi connectivity index (χ1n) is 17.0. The summed E-state index contributed by atoms with van der Waals surface area (Å²) in [5.74, 6) is -1.69. The Labute approximate surface area is 314 Å². The van der Waals surface area contributed by atoms with Crippen LogP contribution in [0.1, 0.15) is 54.7 Å². The maximum Gasteiger partial charge on any atom is 0.269 e. The normalized spacial score (nSPS) is 10.8. The van der Waals surface area contributed by atoms with Crippen LogP contribution >= 0.6 is 11.6 Å². The zero-order chi connectivity index (χ0) is 37.9. The number of H-pyrrole nitrogens is 2. The van der Waals surface area contributed by atoms with Crippen molar-refractivity contribution in [2.24, 2.45) is 0 Å². The third-order valence-electron chi connectivity index (χ3n) is 8.11. The van der Waals surface area contributed by atoms with E-state index in [1.807, 2.05) is 54.6 Å². The summed E-state index contributed by atoms with van der Waals surface area (Å²) in [6.45, 7) is 1.24. The third kappa shape index (κ3) is 9.51. The highest BCUT2D eigenvalue weighted by Gasteiger charge is 2.15. The van der Waals surface area contributed by atoms with Gasteiger partial charge in [0.15, 0.2) is 0 Å². The summed E-state index contributed by atoms with van der Waals surface area (Å²) < 4.78 is 0. The lowest BCUT2D eigenvalue weighted by atomic mass is 10.1. The van der Waals surface area contributed by atoms with E-state index < -0.39 is 11.8 Å². The van der Waals surface area contributed by atoms with Crippen molar-refractivity contribution in [3.63, 3.8) is 0 Å². The van der Waals surface area contributed by atoms with Gasteiger partial charge in [-0.05, 0) is 43.2 Å². The summed E-state index contributed by atoms with van der Waals surface area (Å²) in [7, 11) is 0. The first-order valence-corrected chi connectivity index (χ1v) is 17.3. The average Bonchev–Trinajstić information content (AvgIpc) is 3.90. The standard InChI is InChI=1S/C38H35ClN10O5/c39-26-18-28(45-31(19-26)36(52)42-14-5-16-44-37(53)32-20-29(46-48-32)23-6-2-1-3-7-23)24-8-10-25(11-9-24)30-21-33(49-47-30)38(54)43-15-4-13-41-35(51)27-12-17-40-22-34(27)50/h1-3,6-12,17-22,50H,4-5,13-16H2,(H,41,51)(H,42,52)(H,43,54)(H,44,53)(H,46,48)(H,47,49). The van der Waals surface area contributed by atoms with Gasteiger partial charge in [-0.2, -0.15) is 10.2 Å². The number of aromatic amines is 2. The second-order valence-corrected chi connectivity index (χ2v) is 12.4. The Morgan fingerprint density at radius 3 is 1.70 bits per heavy atom. The number of aromatic nitrogens is 6. The van der Waals surface area contributed by atoms with Crippen molar-refractivity contribution in [2.75, 3.05) is 26.2 Å². The molecule has 4 amide bonds. The predicted octanol–water partition coefficient (Wildman–Crippen LogP) is 4.38. The molecule has 0 saturated carbocycles. The van der Waals surface area contributed by atoms with Crippen molar-refractivity contribution >= 4 is 35.2 Å². The van der Waals surface area contributed by atoms with Gasteiger partial charge in [-0.15, -0.1) is 0 Å². The van der Waals surface area contributed by atoms with Gasteiger partial charge < -0.3 is 26.4 Å². The first kappa shape index (κ1) is 36.9. The molecule has 0 aliphatic heterocycles. The van der Waals surface area contributed by atoms with E-state index in [2.05, 4.69) is 51.6 Å². The molecular formula is C38H35ClN10O5. The largest absolute Gasteiger partial charge is 0.505 e. The molecule has 0 unspecified atom stereocenters. The summed E-state index contributed by atoms with van der Waals surface area (Å²) in [6, 6.07) is 24.7. The fourth-order valence-corrected chi connectivity index (χ4v) is 5.50. The van der Waals surface area contributed by atoms with Crippen LogP contribution in [-0.2, 0) is 0 Å². The second kappa shape index (κ2) is 17.6. The van der Waals surface area contributed by atoms with Crippen LogP contribution in [0, 0.1) is 0 Å². The molecule has 15 nitrogen and oxygen atoms in total. The topological polar surface area (TPSA) is 220 Å². The number of pyridine rings is 2. The smallest absolute Gasteiger partial charge is 0.269 e. The van der Waals surface area contributed by atoms with Crippen LogP contribution in [0.2, 0.25) is 5.02 Å². The maximum absolute atomic E-state index is 12.9. The van der Waals surface area contributed by atoms with E-state index in [1.165, 1.54) is 24.5 Å². The molecule has 4 aromatic heterocycles. The highest BCUT2D eigenvalue weighted by Crippen LogP contribution is 2.26. The molecule has 274 valence electrons. The molecule has 0 saturated heterocycles. The van der Waals surface area contributed by atoms with Crippen LogP contribution in [0.4, 0.5) is 0 Å². The number of nitrogens with zero attached hydrogens (tertiary/aromatic N) is 4. The summed E-state index contributed by atoms with van der Waals surface area (Å²) in [4.78, 5) is 58.5. The summed E-state index contributed by atoms with van der Waals surface area (Å²) in [5.41, 5.74) is 4.96. The maximum atomic E-state index is 12.9. The Morgan fingerprint density at radius 1 is 0.611 bits per heavy atom. The Hall–Kier alpha value is -6.87. The van der Waals surface area contributed by atoms with Crippen LogP contribution < -0.4 is 21.3 Å². The molecule has 0 aliphatic carbocycles. The van der Waals surface area contributed by atoms with Crippen molar-refractivity contribution in [2.45, 2.75) is 12.8 Å². The first-order chi connectivity index (χ1) is 26.2. The molecule has 7 N–H and O–H groups in total. The number of rotatable bonds is 15. The van der Waals surface area contributed by atoms with E-state index in [0.29, 0.717) is 72.4 Å². The van der Waals surface area contributed by atoms with Gasteiger partial charge in [-0.25, -0.2) is 4.98 Å². The number of nitrogens with one attached hydrogen (secondary N) is 6. The Balaban J connectivity index is 0.944. The third-order valence-corrected chi connectivity index (χ3v) is 8.33. The highest BCUT2D eigenvalue weighted by molar-refractivity contribution is 6.31. The number of halogens is 1. The van der Waals surface area contributed by atoms with E-state index in [9.17, 15) is 24.3 Å². The highest BCUT2D eigenvalue weighted by atomic mass is 35.5.